The Morgan fingerprint density at radius 2 is 2.50 bits per heavy atom. The maximum atomic E-state index is 11.4. The zero-order valence-electron chi connectivity index (χ0n) is 8.75. The highest BCUT2D eigenvalue weighted by molar-refractivity contribution is 5.79. The van der Waals surface area contributed by atoms with Gasteiger partial charge in [0.1, 0.15) is 0 Å². The van der Waals surface area contributed by atoms with Crippen molar-refractivity contribution in [3.63, 3.8) is 0 Å². The fourth-order valence-electron chi connectivity index (χ4n) is 1.67. The van der Waals surface area contributed by atoms with Crippen LogP contribution in [0.2, 0.25) is 0 Å². The molecule has 1 amide bonds. The SMILES string of the molecule is C#CC1CC(=O)N(CCCNCC)C1. The molecule has 0 aliphatic carbocycles. The molecule has 0 aromatic rings. The molecule has 1 N–H and O–H groups in total. The number of hydrogen-bond donors (Lipinski definition) is 1. The summed E-state index contributed by atoms with van der Waals surface area (Å²) in [6.45, 7) is 5.63. The summed E-state index contributed by atoms with van der Waals surface area (Å²) >= 11 is 0. The van der Waals surface area contributed by atoms with Crippen LogP contribution in [0.1, 0.15) is 19.8 Å². The Hall–Kier alpha value is -1.01. The molecule has 0 radical (unpaired) electrons. The van der Waals surface area contributed by atoms with Crippen LogP contribution in [0.5, 0.6) is 0 Å². The third kappa shape index (κ3) is 3.04. The standard InChI is InChI=1S/C11H18N2O/c1-3-10-8-11(14)13(9-10)7-5-6-12-4-2/h1,10,12H,4-9H2,2H3. The van der Waals surface area contributed by atoms with Crippen LogP contribution in [0.25, 0.3) is 0 Å². The van der Waals surface area contributed by atoms with Crippen LogP contribution in [0.4, 0.5) is 0 Å². The lowest BCUT2D eigenvalue weighted by Crippen LogP contribution is -2.28. The molecule has 3 heteroatoms. The van der Waals surface area contributed by atoms with Gasteiger partial charge in [-0.25, -0.2) is 0 Å². The average molecular weight is 194 g/mol. The van der Waals surface area contributed by atoms with Crippen LogP contribution in [0.3, 0.4) is 0 Å². The highest BCUT2D eigenvalue weighted by Gasteiger charge is 2.27. The molecule has 1 rings (SSSR count). The highest BCUT2D eigenvalue weighted by atomic mass is 16.2. The molecule has 0 spiro atoms. The zero-order chi connectivity index (χ0) is 10.4. The van der Waals surface area contributed by atoms with Crippen LogP contribution in [-0.2, 0) is 4.79 Å². The van der Waals surface area contributed by atoms with Gasteiger partial charge in [0.15, 0.2) is 0 Å². The maximum Gasteiger partial charge on any atom is 0.223 e. The molecule has 1 unspecified atom stereocenters. The van der Waals surface area contributed by atoms with Crippen LogP contribution >= 0.6 is 0 Å². The Morgan fingerprint density at radius 3 is 3.07 bits per heavy atom. The Morgan fingerprint density at radius 1 is 1.71 bits per heavy atom. The molecule has 1 atom stereocenters. The van der Waals surface area contributed by atoms with Gasteiger partial charge in [-0.3, -0.25) is 4.79 Å². The van der Waals surface area contributed by atoms with E-state index in [1.807, 2.05) is 4.90 Å². The smallest absolute Gasteiger partial charge is 0.223 e. The van der Waals surface area contributed by atoms with E-state index < -0.39 is 0 Å². The van der Waals surface area contributed by atoms with E-state index in [4.69, 9.17) is 6.42 Å². The number of nitrogens with zero attached hydrogens (tertiary/aromatic N) is 1. The summed E-state index contributed by atoms with van der Waals surface area (Å²) < 4.78 is 0. The molecule has 0 bridgehead atoms. The third-order valence-corrected chi connectivity index (χ3v) is 2.48. The Labute approximate surface area is 85.9 Å². The van der Waals surface area contributed by atoms with Crippen molar-refractivity contribution in [2.45, 2.75) is 19.8 Å². The van der Waals surface area contributed by atoms with E-state index in [1.54, 1.807) is 0 Å². The predicted molar refractivity (Wildman–Crippen MR) is 56.7 cm³/mol. The van der Waals surface area contributed by atoms with Gasteiger partial charge in [-0.15, -0.1) is 12.3 Å². The zero-order valence-corrected chi connectivity index (χ0v) is 8.75. The number of rotatable bonds is 5. The number of amides is 1. The highest BCUT2D eigenvalue weighted by Crippen LogP contribution is 2.16. The van der Waals surface area contributed by atoms with Crippen molar-refractivity contribution in [1.82, 2.24) is 10.2 Å². The summed E-state index contributed by atoms with van der Waals surface area (Å²) in [6.07, 6.45) is 6.84. The van der Waals surface area contributed by atoms with Crippen molar-refractivity contribution in [3.8, 4) is 12.3 Å². The van der Waals surface area contributed by atoms with Crippen molar-refractivity contribution in [2.75, 3.05) is 26.2 Å². The monoisotopic (exact) mass is 194 g/mol. The van der Waals surface area contributed by atoms with Gasteiger partial charge in [-0.1, -0.05) is 6.92 Å². The van der Waals surface area contributed by atoms with Gasteiger partial charge in [0.2, 0.25) is 5.91 Å². The van der Waals surface area contributed by atoms with Gasteiger partial charge in [-0.2, -0.15) is 0 Å². The minimum absolute atomic E-state index is 0.140. The molecule has 3 nitrogen and oxygen atoms in total. The lowest BCUT2D eigenvalue weighted by atomic mass is 10.1. The maximum absolute atomic E-state index is 11.4. The largest absolute Gasteiger partial charge is 0.341 e. The Kier molecular flexibility index (Phi) is 4.48. The molecule has 1 heterocycles. The molecular weight excluding hydrogens is 176 g/mol. The fraction of sp³-hybridized carbons (Fsp3) is 0.727. The molecule has 1 aliphatic rings. The van der Waals surface area contributed by atoms with Gasteiger partial charge in [0.05, 0.1) is 0 Å². The Balaban J connectivity index is 2.19. The first-order valence-corrected chi connectivity index (χ1v) is 5.22. The van der Waals surface area contributed by atoms with Crippen LogP contribution in [-0.4, -0.2) is 37.0 Å². The first-order chi connectivity index (χ1) is 6.77. The van der Waals surface area contributed by atoms with Crippen molar-refractivity contribution < 1.29 is 4.79 Å². The van der Waals surface area contributed by atoms with Gasteiger partial charge in [0, 0.05) is 25.4 Å². The van der Waals surface area contributed by atoms with E-state index in [1.165, 1.54) is 0 Å². The second kappa shape index (κ2) is 5.66. The molecule has 1 fully saturated rings. The molecule has 1 saturated heterocycles. The second-order valence-corrected chi connectivity index (χ2v) is 3.61. The number of nitrogens with one attached hydrogen (secondary N) is 1. The summed E-state index contributed by atoms with van der Waals surface area (Å²) in [5.41, 5.74) is 0. The van der Waals surface area contributed by atoms with Gasteiger partial charge in [0.25, 0.3) is 0 Å². The van der Waals surface area contributed by atoms with Crippen molar-refractivity contribution in [1.29, 1.82) is 0 Å². The van der Waals surface area contributed by atoms with Crippen molar-refractivity contribution in [3.05, 3.63) is 0 Å². The molecule has 14 heavy (non-hydrogen) atoms. The summed E-state index contributed by atoms with van der Waals surface area (Å²) in [5, 5.41) is 3.23. The van der Waals surface area contributed by atoms with Crippen LogP contribution in [0.15, 0.2) is 0 Å². The number of likely N-dealkylation sites (tertiary alicyclic amines) is 1. The second-order valence-electron chi connectivity index (χ2n) is 3.61. The fourth-order valence-corrected chi connectivity index (χ4v) is 1.67. The topological polar surface area (TPSA) is 32.3 Å². The predicted octanol–water partition coefficient (Wildman–Crippen LogP) is 0.468. The minimum atomic E-state index is 0.140. The summed E-state index contributed by atoms with van der Waals surface area (Å²) in [7, 11) is 0. The minimum Gasteiger partial charge on any atom is -0.341 e. The van der Waals surface area contributed by atoms with Gasteiger partial charge >= 0.3 is 0 Å². The van der Waals surface area contributed by atoms with E-state index in [9.17, 15) is 4.79 Å². The molecule has 1 aliphatic heterocycles. The average Bonchev–Trinajstić information content (AvgIpc) is 2.54. The van der Waals surface area contributed by atoms with Crippen molar-refractivity contribution >= 4 is 5.91 Å². The Bertz CT molecular complexity index is 232. The number of terminal acetylenes is 1. The summed E-state index contributed by atoms with van der Waals surface area (Å²) in [6, 6.07) is 0. The molecular formula is C11H18N2O. The summed E-state index contributed by atoms with van der Waals surface area (Å²) in [4.78, 5) is 13.3. The third-order valence-electron chi connectivity index (χ3n) is 2.48. The first kappa shape index (κ1) is 11.1. The molecule has 0 saturated carbocycles. The molecule has 0 aromatic heterocycles. The number of carbonyl (C=O) groups excluding carboxylic acids is 1. The van der Waals surface area contributed by atoms with E-state index >= 15 is 0 Å². The van der Waals surface area contributed by atoms with Gasteiger partial charge < -0.3 is 10.2 Å². The summed E-state index contributed by atoms with van der Waals surface area (Å²) in [5.74, 6) is 3.00. The normalized spacial score (nSPS) is 21.3. The molecule has 0 aromatic carbocycles. The lowest BCUT2D eigenvalue weighted by molar-refractivity contribution is -0.127. The quantitative estimate of drug-likeness (QED) is 0.509. The van der Waals surface area contributed by atoms with E-state index in [2.05, 4.69) is 18.2 Å². The van der Waals surface area contributed by atoms with Crippen molar-refractivity contribution in [2.24, 2.45) is 5.92 Å². The van der Waals surface area contributed by atoms with Gasteiger partial charge in [-0.05, 0) is 19.5 Å². The van der Waals surface area contributed by atoms with E-state index in [-0.39, 0.29) is 11.8 Å². The lowest BCUT2D eigenvalue weighted by Gasteiger charge is -2.15. The van der Waals surface area contributed by atoms with Crippen LogP contribution in [0, 0.1) is 18.3 Å². The number of hydrogen-bond acceptors (Lipinski definition) is 2. The van der Waals surface area contributed by atoms with E-state index in [0.717, 1.165) is 32.6 Å². The van der Waals surface area contributed by atoms with Crippen LogP contribution < -0.4 is 5.32 Å². The number of carbonyl (C=O) groups is 1. The first-order valence-electron chi connectivity index (χ1n) is 5.22. The molecule has 78 valence electrons. The van der Waals surface area contributed by atoms with E-state index in [0.29, 0.717) is 6.42 Å².